The maximum atomic E-state index is 14.4. The van der Waals surface area contributed by atoms with Gasteiger partial charge in [-0.1, -0.05) is 25.8 Å². The van der Waals surface area contributed by atoms with Gasteiger partial charge in [0, 0.05) is 18.6 Å². The highest BCUT2D eigenvalue weighted by Gasteiger charge is 2.22. The van der Waals surface area contributed by atoms with Gasteiger partial charge in [0.05, 0.1) is 5.69 Å². The minimum atomic E-state index is -0.0940. The van der Waals surface area contributed by atoms with E-state index in [1.807, 2.05) is 19.1 Å². The number of hydrogen-bond acceptors (Lipinski definition) is 2. The molecule has 112 valence electrons. The Balaban J connectivity index is 2.21. The summed E-state index contributed by atoms with van der Waals surface area (Å²) in [6.45, 7) is 5.13. The van der Waals surface area contributed by atoms with Gasteiger partial charge < -0.3 is 10.6 Å². The van der Waals surface area contributed by atoms with Crippen molar-refractivity contribution in [1.82, 2.24) is 0 Å². The molecule has 0 spiro atoms. The third-order valence-electron chi connectivity index (χ3n) is 4.23. The zero-order valence-electron chi connectivity index (χ0n) is 12.7. The minimum Gasteiger partial charge on any atom is -0.366 e. The second-order valence-corrected chi connectivity index (χ2v) is 6.07. The van der Waals surface area contributed by atoms with Crippen molar-refractivity contribution in [1.29, 1.82) is 0 Å². The van der Waals surface area contributed by atoms with Gasteiger partial charge in [0.1, 0.15) is 5.82 Å². The fourth-order valence-corrected chi connectivity index (χ4v) is 3.20. The van der Waals surface area contributed by atoms with E-state index in [1.165, 1.54) is 19.3 Å². The van der Waals surface area contributed by atoms with Crippen LogP contribution in [0, 0.1) is 5.82 Å². The number of rotatable bonds is 4. The van der Waals surface area contributed by atoms with Crippen LogP contribution in [0.1, 0.15) is 51.5 Å². The van der Waals surface area contributed by atoms with Crippen molar-refractivity contribution >= 4 is 5.69 Å². The highest BCUT2D eigenvalue weighted by atomic mass is 19.1. The van der Waals surface area contributed by atoms with Gasteiger partial charge in [0.15, 0.2) is 0 Å². The maximum absolute atomic E-state index is 14.4. The molecule has 1 heterocycles. The van der Waals surface area contributed by atoms with Crippen LogP contribution >= 0.6 is 0 Å². The van der Waals surface area contributed by atoms with Crippen LogP contribution < -0.4 is 10.6 Å². The fraction of sp³-hybridized carbons (Fsp3) is 0.647. The average molecular weight is 278 g/mol. The Labute approximate surface area is 122 Å². The first-order chi connectivity index (χ1) is 9.61. The van der Waals surface area contributed by atoms with Crippen LogP contribution in [0.5, 0.6) is 0 Å². The van der Waals surface area contributed by atoms with Crippen molar-refractivity contribution in [3.8, 4) is 0 Å². The summed E-state index contributed by atoms with van der Waals surface area (Å²) in [5, 5.41) is 0. The Morgan fingerprint density at radius 1 is 1.35 bits per heavy atom. The lowest BCUT2D eigenvalue weighted by Crippen LogP contribution is -2.35. The Morgan fingerprint density at radius 3 is 2.80 bits per heavy atom. The summed E-state index contributed by atoms with van der Waals surface area (Å²) in [4.78, 5) is 2.28. The highest BCUT2D eigenvalue weighted by molar-refractivity contribution is 5.50. The molecular formula is C17H27FN2. The van der Waals surface area contributed by atoms with Crippen LogP contribution in [0.2, 0.25) is 0 Å². The van der Waals surface area contributed by atoms with E-state index in [2.05, 4.69) is 11.8 Å². The number of nitrogens with two attached hydrogens (primary N) is 1. The van der Waals surface area contributed by atoms with Crippen LogP contribution in [-0.2, 0) is 6.42 Å². The summed E-state index contributed by atoms with van der Waals surface area (Å²) in [7, 11) is 0. The Morgan fingerprint density at radius 2 is 2.15 bits per heavy atom. The molecule has 2 rings (SSSR count). The predicted octanol–water partition coefficient (Wildman–Crippen LogP) is 3.87. The van der Waals surface area contributed by atoms with Crippen LogP contribution in [0.15, 0.2) is 18.2 Å². The van der Waals surface area contributed by atoms with Gasteiger partial charge in [0.2, 0.25) is 0 Å². The van der Waals surface area contributed by atoms with E-state index in [4.69, 9.17) is 5.73 Å². The van der Waals surface area contributed by atoms with Gasteiger partial charge in [-0.15, -0.1) is 0 Å². The molecule has 1 fully saturated rings. The first kappa shape index (κ1) is 15.3. The summed E-state index contributed by atoms with van der Waals surface area (Å²) >= 11 is 0. The molecule has 0 bridgehead atoms. The smallest absolute Gasteiger partial charge is 0.146 e. The van der Waals surface area contributed by atoms with Crippen molar-refractivity contribution in [2.45, 2.75) is 64.5 Å². The zero-order chi connectivity index (χ0) is 14.5. The minimum absolute atomic E-state index is 0.0711. The fourth-order valence-electron chi connectivity index (χ4n) is 3.20. The molecular weight excluding hydrogens is 251 g/mol. The lowest BCUT2D eigenvalue weighted by atomic mass is 10.0. The van der Waals surface area contributed by atoms with E-state index in [0.717, 1.165) is 37.1 Å². The third-order valence-corrected chi connectivity index (χ3v) is 4.23. The zero-order valence-corrected chi connectivity index (χ0v) is 12.7. The molecule has 1 aromatic carbocycles. The predicted molar refractivity (Wildman–Crippen MR) is 83.6 cm³/mol. The standard InChI is InChI=1S/C17H27FN2/c1-3-15-7-5-4-6-10-20(15)17-9-8-14(11-13(2)19)12-16(17)18/h8-9,12-13,15H,3-7,10-11,19H2,1-2H3. The number of anilines is 1. The van der Waals surface area contributed by atoms with Gasteiger partial charge in [-0.05, 0) is 50.3 Å². The molecule has 2 unspecified atom stereocenters. The molecule has 20 heavy (non-hydrogen) atoms. The maximum Gasteiger partial charge on any atom is 0.146 e. The van der Waals surface area contributed by atoms with Crippen molar-refractivity contribution in [3.63, 3.8) is 0 Å². The molecule has 2 nitrogen and oxygen atoms in total. The second-order valence-electron chi connectivity index (χ2n) is 6.07. The molecule has 0 aliphatic carbocycles. The van der Waals surface area contributed by atoms with Gasteiger partial charge in [0.25, 0.3) is 0 Å². The molecule has 0 aromatic heterocycles. The monoisotopic (exact) mass is 278 g/mol. The van der Waals surface area contributed by atoms with E-state index < -0.39 is 0 Å². The molecule has 2 atom stereocenters. The topological polar surface area (TPSA) is 29.3 Å². The van der Waals surface area contributed by atoms with Crippen molar-refractivity contribution in [2.75, 3.05) is 11.4 Å². The Bertz CT molecular complexity index is 431. The number of nitrogens with zero attached hydrogens (tertiary/aromatic N) is 1. The van der Waals surface area contributed by atoms with Gasteiger partial charge in [-0.25, -0.2) is 4.39 Å². The van der Waals surface area contributed by atoms with Crippen molar-refractivity contribution in [3.05, 3.63) is 29.6 Å². The number of hydrogen-bond donors (Lipinski definition) is 1. The summed E-state index contributed by atoms with van der Waals surface area (Å²) < 4.78 is 14.4. The van der Waals surface area contributed by atoms with Crippen LogP contribution in [0.3, 0.4) is 0 Å². The first-order valence-electron chi connectivity index (χ1n) is 7.92. The normalized spacial score (nSPS) is 21.6. The highest BCUT2D eigenvalue weighted by Crippen LogP contribution is 2.28. The van der Waals surface area contributed by atoms with Gasteiger partial charge in [-0.2, -0.15) is 0 Å². The average Bonchev–Trinajstić information content (AvgIpc) is 2.63. The summed E-state index contributed by atoms with van der Waals surface area (Å²) in [6, 6.07) is 6.18. The molecule has 3 heteroatoms. The molecule has 2 N–H and O–H groups in total. The second kappa shape index (κ2) is 7.07. The Hall–Kier alpha value is -1.09. The van der Waals surface area contributed by atoms with E-state index in [-0.39, 0.29) is 11.9 Å². The Kier molecular flexibility index (Phi) is 5.41. The molecule has 0 amide bonds. The molecule has 1 aromatic rings. The molecule has 1 saturated heterocycles. The van der Waals surface area contributed by atoms with Crippen molar-refractivity contribution < 1.29 is 4.39 Å². The summed E-state index contributed by atoms with van der Waals surface area (Å²) in [5.41, 5.74) is 7.55. The number of benzene rings is 1. The lowest BCUT2D eigenvalue weighted by molar-refractivity contribution is 0.539. The molecule has 1 aliphatic rings. The number of halogens is 1. The summed E-state index contributed by atoms with van der Waals surface area (Å²) in [6.07, 6.45) is 6.68. The third kappa shape index (κ3) is 3.72. The summed E-state index contributed by atoms with van der Waals surface area (Å²) in [5.74, 6) is -0.0940. The van der Waals surface area contributed by atoms with Gasteiger partial charge in [-0.3, -0.25) is 0 Å². The SMILES string of the molecule is CCC1CCCCCN1c1ccc(CC(C)N)cc1F. The van der Waals surface area contributed by atoms with Crippen molar-refractivity contribution in [2.24, 2.45) is 5.73 Å². The molecule has 0 saturated carbocycles. The quantitative estimate of drug-likeness (QED) is 0.905. The van der Waals surface area contributed by atoms with E-state index in [0.29, 0.717) is 6.04 Å². The van der Waals surface area contributed by atoms with E-state index in [9.17, 15) is 4.39 Å². The van der Waals surface area contributed by atoms with Gasteiger partial charge >= 0.3 is 0 Å². The molecule has 0 radical (unpaired) electrons. The lowest BCUT2D eigenvalue weighted by Gasteiger charge is -2.32. The largest absolute Gasteiger partial charge is 0.366 e. The van der Waals surface area contributed by atoms with E-state index >= 15 is 0 Å². The molecule has 1 aliphatic heterocycles. The first-order valence-corrected chi connectivity index (χ1v) is 7.92. The van der Waals surface area contributed by atoms with Crippen LogP contribution in [-0.4, -0.2) is 18.6 Å². The van der Waals surface area contributed by atoms with Crippen LogP contribution in [0.25, 0.3) is 0 Å². The van der Waals surface area contributed by atoms with Crippen LogP contribution in [0.4, 0.5) is 10.1 Å². The van der Waals surface area contributed by atoms with E-state index in [1.54, 1.807) is 6.07 Å².